The van der Waals surface area contributed by atoms with Crippen molar-refractivity contribution >= 4 is 0 Å². The smallest absolute Gasteiger partial charge is 0.272 e. The van der Waals surface area contributed by atoms with Gasteiger partial charge >= 0.3 is 0 Å². The van der Waals surface area contributed by atoms with Crippen LogP contribution in [0, 0.1) is 11.3 Å². The fourth-order valence-corrected chi connectivity index (χ4v) is 4.51. The normalized spacial score (nSPS) is 31.2. The second kappa shape index (κ2) is 7.24. The van der Waals surface area contributed by atoms with Crippen LogP contribution in [0.5, 0.6) is 0 Å². The first-order chi connectivity index (χ1) is 12.3. The highest BCUT2D eigenvalue weighted by molar-refractivity contribution is 5.29. The van der Waals surface area contributed by atoms with Crippen LogP contribution in [0.4, 0.5) is 8.78 Å². The van der Waals surface area contributed by atoms with Crippen LogP contribution in [0.15, 0.2) is 49.1 Å². The molecule has 1 aliphatic heterocycles. The maximum Gasteiger partial charge on any atom is 0.272 e. The largest absolute Gasteiger partial charge is 0.395 e. The summed E-state index contributed by atoms with van der Waals surface area (Å²) in [6, 6.07) is 8.32. The predicted molar refractivity (Wildman–Crippen MR) is 101 cm³/mol. The summed E-state index contributed by atoms with van der Waals surface area (Å²) in [6.07, 6.45) is 4.70. The maximum atomic E-state index is 13.0. The van der Waals surface area contributed by atoms with Crippen molar-refractivity contribution in [2.24, 2.45) is 11.3 Å². The molecule has 2 nitrogen and oxygen atoms in total. The number of halogens is 2. The first kappa shape index (κ1) is 19.2. The Hall–Kier alpha value is -1.52. The summed E-state index contributed by atoms with van der Waals surface area (Å²) < 4.78 is 26.0. The van der Waals surface area contributed by atoms with Gasteiger partial charge in [0.2, 0.25) is 0 Å². The zero-order valence-electron chi connectivity index (χ0n) is 15.6. The Kier molecular flexibility index (Phi) is 5.36. The molecule has 1 saturated heterocycles. The molecule has 0 unspecified atom stereocenters. The van der Waals surface area contributed by atoms with Gasteiger partial charge in [-0.05, 0) is 49.1 Å². The van der Waals surface area contributed by atoms with E-state index in [4.69, 9.17) is 0 Å². The van der Waals surface area contributed by atoms with Crippen molar-refractivity contribution in [3.8, 4) is 0 Å². The lowest BCUT2D eigenvalue weighted by Gasteiger charge is -2.43. The molecular weight excluding hydrogens is 332 g/mol. The molecule has 1 heterocycles. The summed E-state index contributed by atoms with van der Waals surface area (Å²) in [6.45, 7) is 10.6. The highest BCUT2D eigenvalue weighted by atomic mass is 19.3. The Morgan fingerprint density at radius 1 is 1.31 bits per heavy atom. The average Bonchev–Trinajstić information content (AvgIpc) is 2.60. The molecule has 26 heavy (non-hydrogen) atoms. The molecule has 0 spiro atoms. The quantitative estimate of drug-likeness (QED) is 0.738. The van der Waals surface area contributed by atoms with Crippen LogP contribution < -0.4 is 0 Å². The molecule has 2 fully saturated rings. The maximum absolute atomic E-state index is 13.0. The number of nitrogens with zero attached hydrogens (tertiary/aromatic N) is 1. The van der Waals surface area contributed by atoms with E-state index >= 15 is 0 Å². The molecule has 0 aromatic heterocycles. The number of hydrogen-bond acceptors (Lipinski definition) is 2. The Morgan fingerprint density at radius 2 is 1.96 bits per heavy atom. The standard InChI is InChI=1S/C22H29F2NO/c1-4-21(15-26)10-9-19(16(2)3)20(11-21)18-7-5-17(6-8-18)12-25-13-22(23,24)14-25/h4-8,19-20,26H,1-2,9-15H2,3H3/t19-,20-,21-/m0/s1. The van der Waals surface area contributed by atoms with Crippen LogP contribution in [0.3, 0.4) is 0 Å². The number of aliphatic hydroxyl groups excluding tert-OH is 1. The van der Waals surface area contributed by atoms with Gasteiger partial charge in [0.1, 0.15) is 0 Å². The minimum absolute atomic E-state index is 0.122. The van der Waals surface area contributed by atoms with Gasteiger partial charge in [-0.1, -0.05) is 42.5 Å². The molecule has 1 saturated carbocycles. The van der Waals surface area contributed by atoms with Gasteiger partial charge in [-0.3, -0.25) is 4.90 Å². The fraction of sp³-hybridized carbons (Fsp3) is 0.545. The van der Waals surface area contributed by atoms with E-state index in [1.807, 2.05) is 18.2 Å². The van der Waals surface area contributed by atoms with Crippen LogP contribution in [0.1, 0.15) is 43.2 Å². The van der Waals surface area contributed by atoms with Crippen LogP contribution >= 0.6 is 0 Å². The van der Waals surface area contributed by atoms with Crippen LogP contribution in [0.25, 0.3) is 0 Å². The summed E-state index contributed by atoms with van der Waals surface area (Å²) in [4.78, 5) is 1.76. The number of likely N-dealkylation sites (tertiary alicyclic amines) is 1. The van der Waals surface area contributed by atoms with Crippen LogP contribution in [-0.4, -0.2) is 35.6 Å². The Balaban J connectivity index is 1.74. The molecule has 4 heteroatoms. The van der Waals surface area contributed by atoms with Gasteiger partial charge in [0.15, 0.2) is 0 Å². The first-order valence-corrected chi connectivity index (χ1v) is 9.36. The third-order valence-corrected chi connectivity index (χ3v) is 6.17. The summed E-state index contributed by atoms with van der Waals surface area (Å²) in [5.74, 6) is -1.82. The van der Waals surface area contributed by atoms with E-state index in [-0.39, 0.29) is 25.1 Å². The van der Waals surface area contributed by atoms with E-state index < -0.39 is 5.92 Å². The number of alkyl halides is 2. The minimum atomic E-state index is -2.52. The highest BCUT2D eigenvalue weighted by Gasteiger charge is 2.43. The van der Waals surface area contributed by atoms with Gasteiger partial charge < -0.3 is 5.11 Å². The number of hydrogen-bond donors (Lipinski definition) is 1. The average molecular weight is 361 g/mol. The molecule has 0 bridgehead atoms. The third kappa shape index (κ3) is 3.91. The molecule has 1 aliphatic carbocycles. The number of aliphatic hydroxyl groups is 1. The molecule has 0 amide bonds. The molecule has 142 valence electrons. The summed E-state index contributed by atoms with van der Waals surface area (Å²) in [5.41, 5.74) is 3.25. The van der Waals surface area contributed by atoms with Crippen LogP contribution in [0.2, 0.25) is 0 Å². The lowest BCUT2D eigenvalue weighted by molar-refractivity contribution is -0.133. The van der Waals surface area contributed by atoms with E-state index in [0.717, 1.165) is 24.8 Å². The SMILES string of the molecule is C=C[C@]1(CO)CC[C@@H](C(=C)C)[C@H](c2ccc(CN3CC(F)(F)C3)cc2)C1. The van der Waals surface area contributed by atoms with Crippen molar-refractivity contribution in [1.82, 2.24) is 4.90 Å². The van der Waals surface area contributed by atoms with Gasteiger partial charge in [-0.2, -0.15) is 0 Å². The van der Waals surface area contributed by atoms with Crippen molar-refractivity contribution in [3.05, 3.63) is 60.2 Å². The fourth-order valence-electron chi connectivity index (χ4n) is 4.51. The summed E-state index contributed by atoms with van der Waals surface area (Å²) >= 11 is 0. The molecular formula is C22H29F2NO. The van der Waals surface area contributed by atoms with E-state index in [9.17, 15) is 13.9 Å². The summed E-state index contributed by atoms with van der Waals surface area (Å²) in [7, 11) is 0. The van der Waals surface area contributed by atoms with E-state index in [1.165, 1.54) is 11.1 Å². The zero-order valence-corrected chi connectivity index (χ0v) is 15.6. The molecule has 2 aliphatic rings. The van der Waals surface area contributed by atoms with Crippen molar-refractivity contribution in [3.63, 3.8) is 0 Å². The topological polar surface area (TPSA) is 23.5 Å². The third-order valence-electron chi connectivity index (χ3n) is 6.17. The molecule has 1 aromatic carbocycles. The predicted octanol–water partition coefficient (Wildman–Crippen LogP) is 4.76. The monoisotopic (exact) mass is 361 g/mol. The Bertz CT molecular complexity index is 661. The van der Waals surface area contributed by atoms with Gasteiger partial charge in [0.05, 0.1) is 19.7 Å². The van der Waals surface area contributed by atoms with Gasteiger partial charge in [-0.25, -0.2) is 8.78 Å². The van der Waals surface area contributed by atoms with Crippen molar-refractivity contribution < 1.29 is 13.9 Å². The van der Waals surface area contributed by atoms with Gasteiger partial charge in [0.25, 0.3) is 5.92 Å². The molecule has 0 radical (unpaired) electrons. The van der Waals surface area contributed by atoms with E-state index in [2.05, 4.69) is 32.2 Å². The highest BCUT2D eigenvalue weighted by Crippen LogP contribution is 2.49. The van der Waals surface area contributed by atoms with Crippen LogP contribution in [-0.2, 0) is 6.54 Å². The number of rotatable bonds is 6. The Morgan fingerprint density at radius 3 is 2.46 bits per heavy atom. The second-order valence-electron chi connectivity index (χ2n) is 8.27. The van der Waals surface area contributed by atoms with Gasteiger partial charge in [-0.15, -0.1) is 6.58 Å². The molecule has 3 atom stereocenters. The Labute approximate surface area is 155 Å². The number of benzene rings is 1. The lowest BCUT2D eigenvalue weighted by Crippen LogP contribution is -2.55. The van der Waals surface area contributed by atoms with Crippen molar-refractivity contribution in [2.45, 2.75) is 44.6 Å². The molecule has 1 N–H and O–H groups in total. The summed E-state index contributed by atoms with van der Waals surface area (Å²) in [5, 5.41) is 9.89. The molecule has 3 rings (SSSR count). The molecule has 1 aromatic rings. The van der Waals surface area contributed by atoms with Crippen molar-refractivity contribution in [2.75, 3.05) is 19.7 Å². The van der Waals surface area contributed by atoms with E-state index in [0.29, 0.717) is 18.4 Å². The zero-order chi connectivity index (χ0) is 18.9. The lowest BCUT2D eigenvalue weighted by atomic mass is 9.62. The first-order valence-electron chi connectivity index (χ1n) is 9.36. The number of allylic oxidation sites excluding steroid dienone is 1. The van der Waals surface area contributed by atoms with E-state index in [1.54, 1.807) is 4.90 Å². The minimum Gasteiger partial charge on any atom is -0.395 e. The van der Waals surface area contributed by atoms with Gasteiger partial charge in [0, 0.05) is 12.0 Å². The second-order valence-corrected chi connectivity index (χ2v) is 8.27. The van der Waals surface area contributed by atoms with Crippen molar-refractivity contribution in [1.29, 1.82) is 0 Å².